The Bertz CT molecular complexity index is 892. The van der Waals surface area contributed by atoms with Crippen molar-refractivity contribution in [2.24, 2.45) is 5.41 Å². The van der Waals surface area contributed by atoms with Crippen LogP contribution in [0.1, 0.15) is 56.7 Å². The molecule has 0 bridgehead atoms. The van der Waals surface area contributed by atoms with Crippen LogP contribution in [0.25, 0.3) is 0 Å². The van der Waals surface area contributed by atoms with E-state index in [9.17, 15) is 9.59 Å². The Labute approximate surface area is 181 Å². The van der Waals surface area contributed by atoms with Crippen molar-refractivity contribution < 1.29 is 24.2 Å². The van der Waals surface area contributed by atoms with Crippen molar-refractivity contribution in [3.8, 4) is 5.75 Å². The highest BCUT2D eigenvalue weighted by molar-refractivity contribution is 6.32. The molecule has 0 spiro atoms. The standard InChI is InChI=1S/C23H28ClNO5/c1-3-29-22(28)16-13-25-18(12-19(16)27)15-11-17(24)20(30-8-4-7-26)9-14(15)10-21(25)23(2)5-6-23/h9,11,13,18,21,26H,3-8,10,12H2,1-2H3. The van der Waals surface area contributed by atoms with E-state index in [0.29, 0.717) is 23.8 Å². The predicted molar refractivity (Wildman–Crippen MR) is 112 cm³/mol. The van der Waals surface area contributed by atoms with E-state index < -0.39 is 5.97 Å². The molecule has 2 heterocycles. The average Bonchev–Trinajstić information content (AvgIpc) is 3.46. The van der Waals surface area contributed by atoms with Gasteiger partial charge in [-0.1, -0.05) is 18.5 Å². The maximum atomic E-state index is 12.8. The minimum atomic E-state index is -0.544. The number of aliphatic hydroxyl groups is 1. The second-order valence-corrected chi connectivity index (χ2v) is 9.04. The van der Waals surface area contributed by atoms with Crippen LogP contribution in [0.3, 0.4) is 0 Å². The number of Topliss-reactive ketones (excluding diaryl/α,β-unsaturated/α-hetero) is 1. The van der Waals surface area contributed by atoms with Crippen molar-refractivity contribution >= 4 is 23.4 Å². The van der Waals surface area contributed by atoms with E-state index in [1.165, 1.54) is 0 Å². The van der Waals surface area contributed by atoms with Gasteiger partial charge in [0.2, 0.25) is 0 Å². The fraction of sp³-hybridized carbons (Fsp3) is 0.565. The SMILES string of the molecule is CCOC(=O)C1=CN2C(CC1=O)c1cc(Cl)c(OCCCO)cc1CC2C1(C)CC1. The smallest absolute Gasteiger partial charge is 0.343 e. The van der Waals surface area contributed by atoms with Gasteiger partial charge in [0, 0.05) is 31.7 Å². The van der Waals surface area contributed by atoms with E-state index in [0.717, 1.165) is 30.4 Å². The molecule has 1 N–H and O–H groups in total. The van der Waals surface area contributed by atoms with Crippen LogP contribution in [0.15, 0.2) is 23.9 Å². The number of rotatable bonds is 7. The number of esters is 1. The lowest BCUT2D eigenvalue weighted by molar-refractivity contribution is -0.140. The van der Waals surface area contributed by atoms with Crippen LogP contribution in [0.2, 0.25) is 5.02 Å². The Morgan fingerprint density at radius 2 is 2.10 bits per heavy atom. The zero-order valence-corrected chi connectivity index (χ0v) is 18.2. The maximum absolute atomic E-state index is 12.8. The third-order valence-electron chi connectivity index (χ3n) is 6.54. The third kappa shape index (κ3) is 3.83. The minimum absolute atomic E-state index is 0.0667. The zero-order chi connectivity index (χ0) is 21.5. The Balaban J connectivity index is 1.72. The molecule has 0 amide bonds. The summed E-state index contributed by atoms with van der Waals surface area (Å²) in [6.45, 7) is 4.71. The molecule has 6 nitrogen and oxygen atoms in total. The van der Waals surface area contributed by atoms with E-state index in [1.54, 1.807) is 13.1 Å². The summed E-state index contributed by atoms with van der Waals surface area (Å²) >= 11 is 6.49. The molecule has 162 valence electrons. The fourth-order valence-corrected chi connectivity index (χ4v) is 4.79. The van der Waals surface area contributed by atoms with Crippen molar-refractivity contribution in [3.05, 3.63) is 40.1 Å². The summed E-state index contributed by atoms with van der Waals surface area (Å²) in [6, 6.07) is 3.93. The molecular weight excluding hydrogens is 406 g/mol. The van der Waals surface area contributed by atoms with Gasteiger partial charge < -0.3 is 19.5 Å². The molecule has 1 aromatic rings. The second-order valence-electron chi connectivity index (χ2n) is 8.63. The molecule has 1 aliphatic carbocycles. The number of hydrogen-bond donors (Lipinski definition) is 1. The van der Waals surface area contributed by atoms with E-state index in [2.05, 4.69) is 11.8 Å². The Morgan fingerprint density at radius 3 is 2.77 bits per heavy atom. The number of ether oxygens (including phenoxy) is 2. The highest BCUT2D eigenvalue weighted by Crippen LogP contribution is 2.56. The van der Waals surface area contributed by atoms with Gasteiger partial charge in [-0.25, -0.2) is 4.79 Å². The normalized spacial score (nSPS) is 23.9. The molecule has 0 saturated heterocycles. The van der Waals surface area contributed by atoms with Gasteiger partial charge >= 0.3 is 5.97 Å². The van der Waals surface area contributed by atoms with Crippen LogP contribution in [0.4, 0.5) is 0 Å². The number of carbonyl (C=O) groups excluding carboxylic acids is 2. The van der Waals surface area contributed by atoms with Crippen molar-refractivity contribution in [1.29, 1.82) is 0 Å². The zero-order valence-electron chi connectivity index (χ0n) is 17.4. The number of fused-ring (bicyclic) bond motifs is 3. The van der Waals surface area contributed by atoms with Gasteiger partial charge in [-0.15, -0.1) is 0 Å². The molecular formula is C23H28ClNO5. The van der Waals surface area contributed by atoms with Crippen molar-refractivity contribution in [2.45, 2.75) is 58.0 Å². The lowest BCUT2D eigenvalue weighted by atomic mass is 9.78. The van der Waals surface area contributed by atoms with Crippen molar-refractivity contribution in [1.82, 2.24) is 4.90 Å². The van der Waals surface area contributed by atoms with E-state index in [1.807, 2.05) is 12.1 Å². The van der Waals surface area contributed by atoms with Crippen LogP contribution in [0.5, 0.6) is 5.75 Å². The van der Waals surface area contributed by atoms with Crippen molar-refractivity contribution in [3.63, 3.8) is 0 Å². The largest absolute Gasteiger partial charge is 0.492 e. The van der Waals surface area contributed by atoms with Gasteiger partial charge in [0.15, 0.2) is 5.78 Å². The molecule has 1 aromatic carbocycles. The summed E-state index contributed by atoms with van der Waals surface area (Å²) in [5.74, 6) is -0.124. The Hall–Kier alpha value is -2.05. The molecule has 30 heavy (non-hydrogen) atoms. The first-order valence-electron chi connectivity index (χ1n) is 10.6. The summed E-state index contributed by atoms with van der Waals surface area (Å²) in [4.78, 5) is 27.3. The first kappa shape index (κ1) is 21.2. The molecule has 2 aliphatic heterocycles. The van der Waals surface area contributed by atoms with Crippen LogP contribution in [0, 0.1) is 5.41 Å². The van der Waals surface area contributed by atoms with E-state index >= 15 is 0 Å². The lowest BCUT2D eigenvalue weighted by Gasteiger charge is -2.47. The molecule has 3 aliphatic rings. The van der Waals surface area contributed by atoms with Gasteiger partial charge in [0.05, 0.1) is 24.3 Å². The van der Waals surface area contributed by atoms with E-state index in [-0.39, 0.29) is 48.5 Å². The van der Waals surface area contributed by atoms with Crippen molar-refractivity contribution in [2.75, 3.05) is 19.8 Å². The topological polar surface area (TPSA) is 76.1 Å². The number of carbonyl (C=O) groups is 2. The van der Waals surface area contributed by atoms with E-state index in [4.69, 9.17) is 26.2 Å². The number of hydrogen-bond acceptors (Lipinski definition) is 6. The molecule has 1 saturated carbocycles. The number of nitrogens with zero attached hydrogens (tertiary/aromatic N) is 1. The molecule has 0 aromatic heterocycles. The molecule has 1 fully saturated rings. The average molecular weight is 434 g/mol. The number of aliphatic hydroxyl groups excluding tert-OH is 1. The summed E-state index contributed by atoms with van der Waals surface area (Å²) in [5, 5.41) is 9.49. The van der Waals surface area contributed by atoms with Gasteiger partial charge in [-0.3, -0.25) is 4.79 Å². The van der Waals surface area contributed by atoms with Crippen LogP contribution in [-0.4, -0.2) is 47.6 Å². The lowest BCUT2D eigenvalue weighted by Crippen LogP contribution is -2.48. The molecule has 4 rings (SSSR count). The van der Waals surface area contributed by atoms with Crippen LogP contribution >= 0.6 is 11.6 Å². The highest BCUT2D eigenvalue weighted by Gasteiger charge is 2.52. The molecule has 7 heteroatoms. The van der Waals surface area contributed by atoms with Gasteiger partial charge in [-0.05, 0) is 54.9 Å². The Kier molecular flexibility index (Phi) is 5.82. The first-order valence-corrected chi connectivity index (χ1v) is 11.0. The Morgan fingerprint density at radius 1 is 1.33 bits per heavy atom. The molecule has 2 atom stereocenters. The highest BCUT2D eigenvalue weighted by atomic mass is 35.5. The summed E-state index contributed by atoms with van der Waals surface area (Å²) in [6.07, 6.45) is 5.55. The third-order valence-corrected chi connectivity index (χ3v) is 6.84. The number of halogens is 1. The quantitative estimate of drug-likeness (QED) is 0.402. The maximum Gasteiger partial charge on any atom is 0.343 e. The van der Waals surface area contributed by atoms with Gasteiger partial charge in [0.25, 0.3) is 0 Å². The van der Waals surface area contributed by atoms with Crippen LogP contribution < -0.4 is 4.74 Å². The molecule has 2 unspecified atom stereocenters. The number of ketones is 1. The summed E-state index contributed by atoms with van der Waals surface area (Å²) in [7, 11) is 0. The summed E-state index contributed by atoms with van der Waals surface area (Å²) in [5.41, 5.74) is 2.45. The van der Waals surface area contributed by atoms with Gasteiger partial charge in [-0.2, -0.15) is 0 Å². The second kappa shape index (κ2) is 8.23. The van der Waals surface area contributed by atoms with Gasteiger partial charge in [0.1, 0.15) is 11.3 Å². The monoisotopic (exact) mass is 433 g/mol. The summed E-state index contributed by atoms with van der Waals surface area (Å²) < 4.78 is 10.9. The van der Waals surface area contributed by atoms with Crippen LogP contribution in [-0.2, 0) is 20.7 Å². The molecule has 0 radical (unpaired) electrons. The minimum Gasteiger partial charge on any atom is -0.492 e. The fourth-order valence-electron chi connectivity index (χ4n) is 4.56. The predicted octanol–water partition coefficient (Wildman–Crippen LogP) is 3.59. The number of benzene rings is 1. The first-order chi connectivity index (χ1) is 14.4.